The zero-order valence-corrected chi connectivity index (χ0v) is 13.6. The molecule has 1 aliphatic heterocycles. The van der Waals surface area contributed by atoms with E-state index in [4.69, 9.17) is 4.74 Å². The summed E-state index contributed by atoms with van der Waals surface area (Å²) in [5.74, 6) is 1.68. The van der Waals surface area contributed by atoms with Crippen LogP contribution in [0.25, 0.3) is 0 Å². The molecule has 0 radical (unpaired) electrons. The molecule has 2 atom stereocenters. The molecule has 3 rings (SSSR count). The van der Waals surface area contributed by atoms with Crippen LogP contribution in [0, 0.1) is 5.82 Å². The fourth-order valence-electron chi connectivity index (χ4n) is 2.89. The van der Waals surface area contributed by atoms with Gasteiger partial charge in [0.2, 0.25) is 0 Å². The van der Waals surface area contributed by atoms with Crippen LogP contribution >= 0.6 is 11.8 Å². The minimum absolute atomic E-state index is 0.158. The Morgan fingerprint density at radius 3 is 2.82 bits per heavy atom. The Labute approximate surface area is 135 Å². The van der Waals surface area contributed by atoms with Crippen molar-refractivity contribution in [3.05, 3.63) is 65.5 Å². The fourth-order valence-corrected chi connectivity index (χ4v) is 4.26. The van der Waals surface area contributed by atoms with Crippen molar-refractivity contribution in [2.75, 3.05) is 0 Å². The molecule has 0 fully saturated rings. The molecule has 1 heterocycles. The molecule has 0 amide bonds. The highest BCUT2D eigenvalue weighted by atomic mass is 32.2. The molecule has 116 valence electrons. The first-order chi connectivity index (χ1) is 10.8. The first kappa shape index (κ1) is 15.4. The second-order valence-corrected chi connectivity index (χ2v) is 6.96. The number of thioether (sulfide) groups is 1. The van der Waals surface area contributed by atoms with Gasteiger partial charge in [0.1, 0.15) is 17.7 Å². The van der Waals surface area contributed by atoms with Crippen LogP contribution in [0.3, 0.4) is 0 Å². The minimum atomic E-state index is -0.174. The van der Waals surface area contributed by atoms with Crippen molar-refractivity contribution in [3.8, 4) is 5.75 Å². The Morgan fingerprint density at radius 1 is 1.23 bits per heavy atom. The van der Waals surface area contributed by atoms with Gasteiger partial charge in [0, 0.05) is 23.0 Å². The number of ether oxygens (including phenoxy) is 1. The SMILES string of the molecule is CCC[C@H](SCc1ccccc1)[C@@H]1Cc2cc(F)ccc2O1. The smallest absolute Gasteiger partial charge is 0.123 e. The van der Waals surface area contributed by atoms with Crippen molar-refractivity contribution in [3.63, 3.8) is 0 Å². The van der Waals surface area contributed by atoms with E-state index in [0.717, 1.165) is 36.3 Å². The van der Waals surface area contributed by atoms with Gasteiger partial charge in [0.05, 0.1) is 0 Å². The van der Waals surface area contributed by atoms with Gasteiger partial charge in [-0.15, -0.1) is 11.8 Å². The topological polar surface area (TPSA) is 9.23 Å². The Morgan fingerprint density at radius 2 is 2.05 bits per heavy atom. The largest absolute Gasteiger partial charge is 0.489 e. The van der Waals surface area contributed by atoms with Gasteiger partial charge >= 0.3 is 0 Å². The van der Waals surface area contributed by atoms with Crippen LogP contribution in [0.5, 0.6) is 5.75 Å². The van der Waals surface area contributed by atoms with E-state index in [2.05, 4.69) is 31.2 Å². The van der Waals surface area contributed by atoms with E-state index in [1.807, 2.05) is 17.8 Å². The molecule has 2 aromatic rings. The first-order valence-electron chi connectivity index (χ1n) is 7.87. The van der Waals surface area contributed by atoms with Gasteiger partial charge in [-0.3, -0.25) is 0 Å². The minimum Gasteiger partial charge on any atom is -0.489 e. The third-order valence-electron chi connectivity index (χ3n) is 4.02. The number of halogens is 1. The number of rotatable bonds is 6. The van der Waals surface area contributed by atoms with Crippen molar-refractivity contribution >= 4 is 11.8 Å². The highest BCUT2D eigenvalue weighted by molar-refractivity contribution is 7.99. The van der Waals surface area contributed by atoms with Gasteiger partial charge in [-0.25, -0.2) is 4.39 Å². The monoisotopic (exact) mass is 316 g/mol. The Balaban J connectivity index is 1.65. The van der Waals surface area contributed by atoms with E-state index >= 15 is 0 Å². The van der Waals surface area contributed by atoms with Gasteiger partial charge in [0.15, 0.2) is 0 Å². The average molecular weight is 316 g/mol. The van der Waals surface area contributed by atoms with E-state index in [9.17, 15) is 4.39 Å². The number of hydrogen-bond acceptors (Lipinski definition) is 2. The summed E-state index contributed by atoms with van der Waals surface area (Å²) < 4.78 is 19.4. The first-order valence-corrected chi connectivity index (χ1v) is 8.91. The second-order valence-electron chi connectivity index (χ2n) is 5.74. The lowest BCUT2D eigenvalue weighted by atomic mass is 10.1. The molecular formula is C19H21FOS. The predicted octanol–water partition coefficient (Wildman–Crippen LogP) is 5.23. The van der Waals surface area contributed by atoms with Crippen LogP contribution in [-0.2, 0) is 12.2 Å². The van der Waals surface area contributed by atoms with Gasteiger partial charge in [0.25, 0.3) is 0 Å². The number of fused-ring (bicyclic) bond motifs is 1. The number of hydrogen-bond donors (Lipinski definition) is 0. The maximum atomic E-state index is 13.3. The summed E-state index contributed by atoms with van der Waals surface area (Å²) >= 11 is 1.95. The molecular weight excluding hydrogens is 295 g/mol. The molecule has 22 heavy (non-hydrogen) atoms. The molecule has 2 aromatic carbocycles. The molecule has 0 unspecified atom stereocenters. The zero-order valence-electron chi connectivity index (χ0n) is 12.8. The van der Waals surface area contributed by atoms with Crippen molar-refractivity contribution in [2.45, 2.75) is 43.3 Å². The normalized spacial score (nSPS) is 17.8. The lowest BCUT2D eigenvalue weighted by molar-refractivity contribution is 0.224. The summed E-state index contributed by atoms with van der Waals surface area (Å²) in [5.41, 5.74) is 2.35. The van der Waals surface area contributed by atoms with Crippen LogP contribution in [0.15, 0.2) is 48.5 Å². The third kappa shape index (κ3) is 3.64. The third-order valence-corrected chi connectivity index (χ3v) is 5.48. The molecule has 0 aliphatic carbocycles. The van der Waals surface area contributed by atoms with Crippen molar-refractivity contribution in [1.29, 1.82) is 0 Å². The van der Waals surface area contributed by atoms with Gasteiger partial charge in [-0.2, -0.15) is 0 Å². The molecule has 0 spiro atoms. The molecule has 0 saturated carbocycles. The van der Waals surface area contributed by atoms with Gasteiger partial charge in [-0.1, -0.05) is 43.7 Å². The van der Waals surface area contributed by atoms with E-state index in [0.29, 0.717) is 5.25 Å². The van der Waals surface area contributed by atoms with Gasteiger partial charge < -0.3 is 4.74 Å². The van der Waals surface area contributed by atoms with Crippen LogP contribution in [0.2, 0.25) is 0 Å². The van der Waals surface area contributed by atoms with E-state index in [1.54, 1.807) is 12.1 Å². The molecule has 1 aliphatic rings. The standard InChI is InChI=1S/C19H21FOS/c1-2-6-19(22-13-14-7-4-3-5-8-14)18-12-15-11-16(20)9-10-17(15)21-18/h3-5,7-11,18-19H,2,6,12-13H2,1H3/t18-,19-/m0/s1. The molecule has 3 heteroatoms. The van der Waals surface area contributed by atoms with E-state index in [-0.39, 0.29) is 11.9 Å². The second kappa shape index (κ2) is 7.19. The van der Waals surface area contributed by atoms with Crippen LogP contribution in [-0.4, -0.2) is 11.4 Å². The maximum absolute atomic E-state index is 13.3. The van der Waals surface area contributed by atoms with Crippen molar-refractivity contribution < 1.29 is 9.13 Å². The van der Waals surface area contributed by atoms with Crippen molar-refractivity contribution in [1.82, 2.24) is 0 Å². The molecule has 1 nitrogen and oxygen atoms in total. The average Bonchev–Trinajstić information content (AvgIpc) is 2.95. The van der Waals surface area contributed by atoms with E-state index < -0.39 is 0 Å². The number of benzene rings is 2. The summed E-state index contributed by atoms with van der Waals surface area (Å²) in [6.45, 7) is 2.21. The maximum Gasteiger partial charge on any atom is 0.123 e. The summed E-state index contributed by atoms with van der Waals surface area (Å²) in [6.07, 6.45) is 3.24. The molecule has 0 bridgehead atoms. The summed E-state index contributed by atoms with van der Waals surface area (Å²) in [6, 6.07) is 15.4. The summed E-state index contributed by atoms with van der Waals surface area (Å²) in [4.78, 5) is 0. The zero-order chi connectivity index (χ0) is 15.4. The highest BCUT2D eigenvalue weighted by Gasteiger charge is 2.30. The fraction of sp³-hybridized carbons (Fsp3) is 0.368. The Hall–Kier alpha value is -1.48. The summed E-state index contributed by atoms with van der Waals surface area (Å²) in [5, 5.41) is 0.445. The molecule has 0 saturated heterocycles. The van der Waals surface area contributed by atoms with E-state index in [1.165, 1.54) is 11.6 Å². The van der Waals surface area contributed by atoms with Crippen LogP contribution in [0.4, 0.5) is 4.39 Å². The summed E-state index contributed by atoms with van der Waals surface area (Å²) in [7, 11) is 0. The Kier molecular flexibility index (Phi) is 5.04. The van der Waals surface area contributed by atoms with Crippen molar-refractivity contribution in [2.24, 2.45) is 0 Å². The highest BCUT2D eigenvalue weighted by Crippen LogP contribution is 2.36. The predicted molar refractivity (Wildman–Crippen MR) is 91.0 cm³/mol. The van der Waals surface area contributed by atoms with Crippen LogP contribution in [0.1, 0.15) is 30.9 Å². The quantitative estimate of drug-likeness (QED) is 0.721. The lowest BCUT2D eigenvalue weighted by Crippen LogP contribution is -2.27. The van der Waals surface area contributed by atoms with Gasteiger partial charge in [-0.05, 0) is 30.2 Å². The lowest BCUT2D eigenvalue weighted by Gasteiger charge is -2.22. The van der Waals surface area contributed by atoms with Crippen LogP contribution < -0.4 is 4.74 Å². The molecule has 0 aromatic heterocycles. The molecule has 0 N–H and O–H groups in total. The Bertz CT molecular complexity index is 614.